The smallest absolute Gasteiger partial charge is 0.336 e. The number of rotatable bonds is 3. The Labute approximate surface area is 135 Å². The fourth-order valence-corrected chi connectivity index (χ4v) is 3.78. The zero-order chi connectivity index (χ0) is 16.2. The summed E-state index contributed by atoms with van der Waals surface area (Å²) in [5.74, 6) is -0.570. The second-order valence-electron chi connectivity index (χ2n) is 6.07. The lowest BCUT2D eigenvalue weighted by Crippen LogP contribution is -2.31. The molecule has 0 saturated carbocycles. The van der Waals surface area contributed by atoms with Crippen molar-refractivity contribution in [3.8, 4) is 6.01 Å². The summed E-state index contributed by atoms with van der Waals surface area (Å²) in [6.07, 6.45) is 2.38. The van der Waals surface area contributed by atoms with E-state index in [1.54, 1.807) is 22.2 Å². The lowest BCUT2D eigenvalue weighted by molar-refractivity contribution is -0.120. The van der Waals surface area contributed by atoms with Gasteiger partial charge in [-0.1, -0.05) is 0 Å². The van der Waals surface area contributed by atoms with Gasteiger partial charge in [-0.3, -0.25) is 4.79 Å². The molecule has 0 aliphatic carbocycles. The maximum absolute atomic E-state index is 10.8. The summed E-state index contributed by atoms with van der Waals surface area (Å²) >= 11 is 1.61. The summed E-state index contributed by atoms with van der Waals surface area (Å²) in [7, 11) is 0. The molecule has 0 radical (unpaired) electrons. The fourth-order valence-electron chi connectivity index (χ4n) is 2.72. The molecule has 0 aromatic carbocycles. The molecule has 0 atom stereocenters. The number of thiophene rings is 1. The summed E-state index contributed by atoms with van der Waals surface area (Å²) in [5, 5.41) is 5.16. The molecule has 0 bridgehead atoms. The number of hydrogen-bond acceptors (Lipinski definition) is 7. The molecular formula is C14H15N5O3S. The third-order valence-electron chi connectivity index (χ3n) is 3.73. The second-order valence-corrected chi connectivity index (χ2v) is 7.15. The molecule has 4 heterocycles. The number of ether oxygens (including phenoxy) is 2. The molecule has 3 aromatic heterocycles. The molecule has 1 amide bonds. The highest BCUT2D eigenvalue weighted by Crippen LogP contribution is 2.39. The molecule has 0 fully saturated rings. The molecule has 2 N–H and O–H groups in total. The Balaban J connectivity index is 1.87. The molecule has 1 aliphatic heterocycles. The van der Waals surface area contributed by atoms with Crippen molar-refractivity contribution in [2.45, 2.75) is 32.5 Å². The molecule has 4 rings (SSSR count). The zero-order valence-corrected chi connectivity index (χ0v) is 13.5. The van der Waals surface area contributed by atoms with Crippen LogP contribution in [0.5, 0.6) is 6.01 Å². The van der Waals surface area contributed by atoms with Crippen molar-refractivity contribution in [2.24, 2.45) is 5.73 Å². The molecule has 9 heteroatoms. The first-order valence-corrected chi connectivity index (χ1v) is 7.95. The van der Waals surface area contributed by atoms with Gasteiger partial charge in [0.1, 0.15) is 11.2 Å². The largest absolute Gasteiger partial charge is 0.452 e. The Bertz CT molecular complexity index is 929. The molecule has 0 unspecified atom stereocenters. The van der Waals surface area contributed by atoms with E-state index < -0.39 is 5.91 Å². The van der Waals surface area contributed by atoms with Crippen molar-refractivity contribution in [1.29, 1.82) is 0 Å². The number of carbonyl (C=O) groups excluding carboxylic acids is 1. The first-order chi connectivity index (χ1) is 10.9. The molecule has 1 aliphatic rings. The molecular weight excluding hydrogens is 318 g/mol. The van der Waals surface area contributed by atoms with Crippen LogP contribution >= 0.6 is 11.3 Å². The van der Waals surface area contributed by atoms with Crippen molar-refractivity contribution in [1.82, 2.24) is 19.6 Å². The number of nitrogens with two attached hydrogens (primary N) is 1. The standard InChI is InChI=1S/C14H15N5O3S/c1-14(2)3-7-8(4-22-14)23-12-10(7)11-17-13(21-5-9(15)20)18-19(11)6-16-12/h6H,3-5H2,1-2H3,(H2,15,20). The van der Waals surface area contributed by atoms with E-state index in [1.165, 1.54) is 10.4 Å². The van der Waals surface area contributed by atoms with Crippen LogP contribution in [0.1, 0.15) is 24.3 Å². The van der Waals surface area contributed by atoms with Gasteiger partial charge in [-0.2, -0.15) is 9.50 Å². The summed E-state index contributed by atoms with van der Waals surface area (Å²) < 4.78 is 12.6. The summed E-state index contributed by atoms with van der Waals surface area (Å²) in [6, 6.07) is 0.115. The van der Waals surface area contributed by atoms with Crippen molar-refractivity contribution in [2.75, 3.05) is 6.61 Å². The van der Waals surface area contributed by atoms with Crippen LogP contribution in [0.2, 0.25) is 0 Å². The predicted molar refractivity (Wildman–Crippen MR) is 83.4 cm³/mol. The lowest BCUT2D eigenvalue weighted by atomic mass is 9.94. The van der Waals surface area contributed by atoms with E-state index >= 15 is 0 Å². The Kier molecular flexibility index (Phi) is 3.03. The zero-order valence-electron chi connectivity index (χ0n) is 12.7. The van der Waals surface area contributed by atoms with Gasteiger partial charge in [0.2, 0.25) is 0 Å². The van der Waals surface area contributed by atoms with Crippen LogP contribution in [-0.4, -0.2) is 37.7 Å². The first kappa shape index (κ1) is 14.3. The average molecular weight is 333 g/mol. The Hall–Kier alpha value is -2.26. The number of fused-ring (bicyclic) bond motifs is 5. The summed E-state index contributed by atoms with van der Waals surface area (Å²) in [4.78, 5) is 21.7. The van der Waals surface area contributed by atoms with Gasteiger partial charge in [-0.15, -0.1) is 16.4 Å². The van der Waals surface area contributed by atoms with Crippen molar-refractivity contribution < 1.29 is 14.3 Å². The van der Waals surface area contributed by atoms with Gasteiger partial charge in [-0.05, 0) is 19.4 Å². The van der Waals surface area contributed by atoms with E-state index in [4.69, 9.17) is 15.2 Å². The van der Waals surface area contributed by atoms with Crippen LogP contribution in [0.4, 0.5) is 0 Å². The van der Waals surface area contributed by atoms with Crippen LogP contribution < -0.4 is 10.5 Å². The van der Waals surface area contributed by atoms with Crippen LogP contribution in [0.25, 0.3) is 15.9 Å². The van der Waals surface area contributed by atoms with Crippen molar-refractivity contribution in [3.63, 3.8) is 0 Å². The third kappa shape index (κ3) is 2.41. The van der Waals surface area contributed by atoms with Crippen LogP contribution in [0.15, 0.2) is 6.33 Å². The SMILES string of the molecule is CC1(C)Cc2c(sc3ncn4nc(OCC(N)=O)nc4c23)CO1. The van der Waals surface area contributed by atoms with Gasteiger partial charge in [0.15, 0.2) is 12.3 Å². The minimum Gasteiger partial charge on any atom is -0.452 e. The van der Waals surface area contributed by atoms with E-state index in [9.17, 15) is 4.79 Å². The highest BCUT2D eigenvalue weighted by molar-refractivity contribution is 7.19. The number of amides is 1. The van der Waals surface area contributed by atoms with Gasteiger partial charge in [0.25, 0.3) is 5.91 Å². The van der Waals surface area contributed by atoms with E-state index in [0.29, 0.717) is 12.3 Å². The van der Waals surface area contributed by atoms with E-state index in [0.717, 1.165) is 16.6 Å². The topological polar surface area (TPSA) is 105 Å². The molecule has 0 saturated heterocycles. The molecule has 0 spiro atoms. The van der Waals surface area contributed by atoms with E-state index in [-0.39, 0.29) is 18.2 Å². The number of primary amides is 1. The number of aromatic nitrogens is 4. The quantitative estimate of drug-likeness (QED) is 0.768. The maximum Gasteiger partial charge on any atom is 0.336 e. The van der Waals surface area contributed by atoms with Gasteiger partial charge in [0, 0.05) is 11.3 Å². The van der Waals surface area contributed by atoms with E-state index in [1.807, 2.05) is 0 Å². The fraction of sp³-hybridized carbons (Fsp3) is 0.429. The highest BCUT2D eigenvalue weighted by atomic mass is 32.1. The molecule has 3 aromatic rings. The van der Waals surface area contributed by atoms with Crippen LogP contribution in [-0.2, 0) is 22.6 Å². The first-order valence-electron chi connectivity index (χ1n) is 7.14. The van der Waals surface area contributed by atoms with Gasteiger partial charge >= 0.3 is 6.01 Å². The van der Waals surface area contributed by atoms with E-state index in [2.05, 4.69) is 28.9 Å². The van der Waals surface area contributed by atoms with Crippen molar-refractivity contribution >= 4 is 33.1 Å². The predicted octanol–water partition coefficient (Wildman–Crippen LogP) is 1.05. The Morgan fingerprint density at radius 2 is 2.39 bits per heavy atom. The minimum absolute atomic E-state index is 0.115. The van der Waals surface area contributed by atoms with Gasteiger partial charge in [-0.25, -0.2) is 4.98 Å². The maximum atomic E-state index is 10.8. The average Bonchev–Trinajstić information content (AvgIpc) is 3.03. The normalized spacial score (nSPS) is 16.6. The second kappa shape index (κ2) is 4.87. The molecule has 8 nitrogen and oxygen atoms in total. The lowest BCUT2D eigenvalue weighted by Gasteiger charge is -2.30. The molecule has 23 heavy (non-hydrogen) atoms. The minimum atomic E-state index is -0.570. The van der Waals surface area contributed by atoms with Crippen LogP contribution in [0, 0.1) is 0 Å². The highest BCUT2D eigenvalue weighted by Gasteiger charge is 2.30. The monoisotopic (exact) mass is 333 g/mol. The van der Waals surface area contributed by atoms with Gasteiger partial charge in [0.05, 0.1) is 17.6 Å². The number of nitrogens with zero attached hydrogens (tertiary/aromatic N) is 4. The van der Waals surface area contributed by atoms with Crippen LogP contribution in [0.3, 0.4) is 0 Å². The Morgan fingerprint density at radius 3 is 3.17 bits per heavy atom. The summed E-state index contributed by atoms with van der Waals surface area (Å²) in [5.41, 5.74) is 6.73. The Morgan fingerprint density at radius 1 is 1.57 bits per heavy atom. The van der Waals surface area contributed by atoms with Crippen molar-refractivity contribution in [3.05, 3.63) is 16.8 Å². The number of carbonyl (C=O) groups is 1. The third-order valence-corrected chi connectivity index (χ3v) is 4.85. The van der Waals surface area contributed by atoms with Gasteiger partial charge < -0.3 is 15.2 Å². The number of hydrogen-bond donors (Lipinski definition) is 1. The summed E-state index contributed by atoms with van der Waals surface area (Å²) in [6.45, 7) is 4.46. The molecule has 120 valence electrons.